The van der Waals surface area contributed by atoms with Crippen LogP contribution in [0.1, 0.15) is 52.4 Å². The minimum absolute atomic E-state index is 0.0688. The highest BCUT2D eigenvalue weighted by Crippen LogP contribution is 2.37. The number of hydrogen-bond donors (Lipinski definition) is 0. The molecule has 1 aliphatic rings. The van der Waals surface area contributed by atoms with Gasteiger partial charge in [0, 0.05) is 43.7 Å². The van der Waals surface area contributed by atoms with Crippen molar-refractivity contribution in [2.24, 2.45) is 5.92 Å². The molecule has 0 radical (unpaired) electrons. The third-order valence-corrected chi connectivity index (χ3v) is 7.09. The summed E-state index contributed by atoms with van der Waals surface area (Å²) in [5, 5.41) is 0. The molecule has 0 unspecified atom stereocenters. The van der Waals surface area contributed by atoms with Crippen LogP contribution in [-0.4, -0.2) is 41.4 Å². The minimum atomic E-state index is -4.42. The number of carbonyl (C=O) groups excluding carboxylic acids is 1. The predicted molar refractivity (Wildman–Crippen MR) is 137 cm³/mol. The van der Waals surface area contributed by atoms with Gasteiger partial charge in [0.15, 0.2) is 0 Å². The Morgan fingerprint density at radius 1 is 1.00 bits per heavy atom. The summed E-state index contributed by atoms with van der Waals surface area (Å²) in [6.45, 7) is 8.17. The molecule has 7 heteroatoms. The van der Waals surface area contributed by atoms with Crippen LogP contribution in [0.25, 0.3) is 0 Å². The Hall–Kier alpha value is -3.19. The third kappa shape index (κ3) is 6.58. The molecular weight excluding hydrogens is 480 g/mol. The van der Waals surface area contributed by atoms with Gasteiger partial charge in [0.05, 0.1) is 5.56 Å². The normalized spacial score (nSPS) is 18.4. The average molecular weight is 513 g/mol. The number of nitrogens with zero attached hydrogens (tertiary/aromatic N) is 2. The lowest BCUT2D eigenvalue weighted by molar-refractivity contribution is -0.137. The molecule has 1 aliphatic heterocycles. The van der Waals surface area contributed by atoms with Crippen LogP contribution >= 0.6 is 0 Å². The van der Waals surface area contributed by atoms with E-state index in [-0.39, 0.29) is 23.8 Å². The van der Waals surface area contributed by atoms with E-state index in [1.54, 1.807) is 11.0 Å². The molecular formula is C30H32F4N2O. The summed E-state index contributed by atoms with van der Waals surface area (Å²) in [5.41, 5.74) is 2.65. The second-order valence-corrected chi connectivity index (χ2v) is 10.2. The zero-order valence-electron chi connectivity index (χ0n) is 21.3. The van der Waals surface area contributed by atoms with Gasteiger partial charge in [-0.1, -0.05) is 48.0 Å². The first kappa shape index (κ1) is 26.9. The number of likely N-dealkylation sites (tertiary alicyclic amines) is 1. The van der Waals surface area contributed by atoms with Crippen LogP contribution in [0.4, 0.5) is 17.6 Å². The molecule has 3 aromatic rings. The zero-order chi connectivity index (χ0) is 26.7. The van der Waals surface area contributed by atoms with Crippen LogP contribution in [0.15, 0.2) is 72.8 Å². The van der Waals surface area contributed by atoms with Crippen molar-refractivity contribution in [1.82, 2.24) is 9.80 Å². The van der Waals surface area contributed by atoms with Crippen LogP contribution in [-0.2, 0) is 12.7 Å². The Morgan fingerprint density at radius 3 is 2.30 bits per heavy atom. The van der Waals surface area contributed by atoms with Crippen LogP contribution in [0.3, 0.4) is 0 Å². The molecule has 1 saturated heterocycles. The monoisotopic (exact) mass is 512 g/mol. The van der Waals surface area contributed by atoms with E-state index in [4.69, 9.17) is 0 Å². The first-order valence-electron chi connectivity index (χ1n) is 12.5. The number of carbonyl (C=O) groups is 1. The van der Waals surface area contributed by atoms with Gasteiger partial charge < -0.3 is 4.90 Å². The second kappa shape index (κ2) is 11.1. The molecule has 1 heterocycles. The summed E-state index contributed by atoms with van der Waals surface area (Å²) in [6, 6.07) is 19.1. The molecule has 0 aromatic heterocycles. The Labute approximate surface area is 215 Å². The van der Waals surface area contributed by atoms with E-state index in [2.05, 4.69) is 29.2 Å². The first-order chi connectivity index (χ1) is 17.5. The van der Waals surface area contributed by atoms with Gasteiger partial charge in [-0.05, 0) is 68.1 Å². The maximum Gasteiger partial charge on any atom is 0.416 e. The summed E-state index contributed by atoms with van der Waals surface area (Å²) in [4.78, 5) is 17.4. The predicted octanol–water partition coefficient (Wildman–Crippen LogP) is 6.92. The van der Waals surface area contributed by atoms with Crippen LogP contribution < -0.4 is 0 Å². The molecule has 0 bridgehead atoms. The molecule has 0 spiro atoms. The van der Waals surface area contributed by atoms with Crippen LogP contribution in [0, 0.1) is 18.7 Å². The number of rotatable bonds is 7. The highest BCUT2D eigenvalue weighted by molar-refractivity contribution is 5.94. The van der Waals surface area contributed by atoms with Crippen molar-refractivity contribution in [2.75, 3.05) is 19.6 Å². The van der Waals surface area contributed by atoms with Crippen LogP contribution in [0.2, 0.25) is 0 Å². The Morgan fingerprint density at radius 2 is 1.68 bits per heavy atom. The van der Waals surface area contributed by atoms with Gasteiger partial charge in [-0.25, -0.2) is 4.39 Å². The summed E-state index contributed by atoms with van der Waals surface area (Å²) in [5.74, 6) is -0.870. The number of halogens is 4. The number of amides is 1. The van der Waals surface area contributed by atoms with Gasteiger partial charge in [0.2, 0.25) is 0 Å². The minimum Gasteiger partial charge on any atom is -0.336 e. The van der Waals surface area contributed by atoms with E-state index in [1.807, 2.05) is 20.8 Å². The van der Waals surface area contributed by atoms with Gasteiger partial charge in [-0.3, -0.25) is 9.69 Å². The van der Waals surface area contributed by atoms with Crippen molar-refractivity contribution in [3.8, 4) is 0 Å². The summed E-state index contributed by atoms with van der Waals surface area (Å²) < 4.78 is 53.9. The largest absolute Gasteiger partial charge is 0.416 e. The Balaban J connectivity index is 1.62. The molecule has 2 atom stereocenters. The number of aryl methyl sites for hydroxylation is 1. The molecule has 0 aliphatic carbocycles. The summed E-state index contributed by atoms with van der Waals surface area (Å²) in [7, 11) is 0. The van der Waals surface area contributed by atoms with E-state index < -0.39 is 17.6 Å². The van der Waals surface area contributed by atoms with Gasteiger partial charge in [0.25, 0.3) is 5.91 Å². The maximum absolute atomic E-state index is 13.5. The molecule has 0 saturated carbocycles. The van der Waals surface area contributed by atoms with Gasteiger partial charge >= 0.3 is 6.18 Å². The van der Waals surface area contributed by atoms with Crippen LogP contribution in [0.5, 0.6) is 0 Å². The van der Waals surface area contributed by atoms with Crippen molar-refractivity contribution in [3.63, 3.8) is 0 Å². The standard InChI is InChI=1S/C30H32F4N2O/c1-20(2)36(29(37)23-11-13-27(31)14-12-23)18-25-17-35(16-22-9-7-21(3)8-10-22)19-28(25)24-5-4-6-26(15-24)30(32,33)34/h4-15,20,25,28H,16-19H2,1-3H3/t25-,28-/m0/s1. The van der Waals surface area contributed by atoms with Crippen molar-refractivity contribution in [3.05, 3.63) is 106 Å². The first-order valence-corrected chi connectivity index (χ1v) is 12.5. The number of alkyl halides is 3. The van der Waals surface area contributed by atoms with Crippen molar-refractivity contribution in [1.29, 1.82) is 0 Å². The highest BCUT2D eigenvalue weighted by Gasteiger charge is 2.38. The van der Waals surface area contributed by atoms with Gasteiger partial charge in [-0.15, -0.1) is 0 Å². The van der Waals surface area contributed by atoms with Crippen molar-refractivity contribution < 1.29 is 22.4 Å². The smallest absolute Gasteiger partial charge is 0.336 e. The molecule has 0 N–H and O–H groups in total. The topological polar surface area (TPSA) is 23.6 Å². The molecule has 196 valence electrons. The zero-order valence-corrected chi connectivity index (χ0v) is 21.3. The average Bonchev–Trinajstić information content (AvgIpc) is 3.25. The SMILES string of the molecule is Cc1ccc(CN2C[C@@H](CN(C(=O)c3ccc(F)cc3)C(C)C)[C@H](c3cccc(C(F)(F)F)c3)C2)cc1. The number of hydrogen-bond acceptors (Lipinski definition) is 2. The Bertz CT molecular complexity index is 1210. The fourth-order valence-electron chi connectivity index (χ4n) is 5.09. The highest BCUT2D eigenvalue weighted by atomic mass is 19.4. The van der Waals surface area contributed by atoms with E-state index >= 15 is 0 Å². The lowest BCUT2D eigenvalue weighted by atomic mass is 9.87. The molecule has 3 aromatic carbocycles. The second-order valence-electron chi connectivity index (χ2n) is 10.2. The fourth-order valence-corrected chi connectivity index (χ4v) is 5.09. The van der Waals surface area contributed by atoms with E-state index in [0.29, 0.717) is 37.3 Å². The third-order valence-electron chi connectivity index (χ3n) is 7.09. The summed E-state index contributed by atoms with van der Waals surface area (Å²) in [6.07, 6.45) is -4.42. The van der Waals surface area contributed by atoms with Crippen molar-refractivity contribution >= 4 is 5.91 Å². The van der Waals surface area contributed by atoms with E-state index in [9.17, 15) is 22.4 Å². The molecule has 37 heavy (non-hydrogen) atoms. The lowest BCUT2D eigenvalue weighted by Gasteiger charge is -2.32. The number of benzene rings is 3. The molecule has 4 rings (SSSR count). The Kier molecular flexibility index (Phi) is 8.02. The molecule has 1 fully saturated rings. The van der Waals surface area contributed by atoms with Crippen molar-refractivity contribution in [2.45, 2.75) is 45.5 Å². The van der Waals surface area contributed by atoms with E-state index in [0.717, 1.165) is 17.2 Å². The fraction of sp³-hybridized carbons (Fsp3) is 0.367. The van der Waals surface area contributed by atoms with Gasteiger partial charge in [0.1, 0.15) is 5.82 Å². The molecule has 1 amide bonds. The quantitative estimate of drug-likeness (QED) is 0.321. The molecule has 3 nitrogen and oxygen atoms in total. The maximum atomic E-state index is 13.5. The summed E-state index contributed by atoms with van der Waals surface area (Å²) >= 11 is 0. The van der Waals surface area contributed by atoms with E-state index in [1.165, 1.54) is 36.4 Å². The van der Waals surface area contributed by atoms with Gasteiger partial charge in [-0.2, -0.15) is 13.2 Å². The lowest BCUT2D eigenvalue weighted by Crippen LogP contribution is -2.42.